The number of aliphatic hydroxyl groups is 1. The molecule has 0 saturated carbocycles. The summed E-state index contributed by atoms with van der Waals surface area (Å²) >= 11 is 1.52. The van der Waals surface area contributed by atoms with Crippen molar-refractivity contribution in [1.29, 1.82) is 0 Å². The van der Waals surface area contributed by atoms with E-state index in [4.69, 9.17) is 0 Å². The average molecular weight is 322 g/mol. The van der Waals surface area contributed by atoms with Crippen molar-refractivity contribution in [3.05, 3.63) is 48.0 Å². The molecule has 1 unspecified atom stereocenters. The molecular weight excluding hydrogens is 303 g/mol. The van der Waals surface area contributed by atoms with Gasteiger partial charge < -0.3 is 15.4 Å². The molecule has 0 aliphatic heterocycles. The predicted octanol–water partition coefficient (Wildman–Crippen LogP) is 2.66. The second-order valence-corrected chi connectivity index (χ2v) is 6.27. The van der Waals surface area contributed by atoms with Crippen LogP contribution in [0.1, 0.15) is 17.3 Å². The van der Waals surface area contributed by atoms with E-state index in [0.29, 0.717) is 16.9 Å². The molecule has 0 bridgehead atoms. The highest BCUT2D eigenvalue weighted by atomic mass is 32.2. The van der Waals surface area contributed by atoms with Gasteiger partial charge in [-0.05, 0) is 30.9 Å². The molecule has 2 aromatic rings. The molecule has 0 aliphatic carbocycles. The van der Waals surface area contributed by atoms with Gasteiger partial charge in [-0.15, -0.1) is 0 Å². The van der Waals surface area contributed by atoms with Crippen molar-refractivity contribution in [3.8, 4) is 11.1 Å². The van der Waals surface area contributed by atoms with E-state index in [0.717, 1.165) is 5.56 Å². The Labute approximate surface area is 133 Å². The summed E-state index contributed by atoms with van der Waals surface area (Å²) in [5, 5.41) is 12.8. The fraction of sp³-hybridized carbons (Fsp3) is 0.312. The zero-order valence-corrected chi connectivity index (χ0v) is 13.3. The highest BCUT2D eigenvalue weighted by Gasteiger charge is 2.22. The standard InChI is InChI=1S/C16H19FN2O2S/c1-16(21,10-22-2)9-19-15(20)14-8-18-7-13(14)11-3-5-12(17)6-4-11/h3-8,18,21H,9-10H2,1-2H3,(H,19,20). The molecule has 1 aromatic heterocycles. The Kier molecular flexibility index (Phi) is 5.26. The van der Waals surface area contributed by atoms with Crippen LogP contribution in [0.25, 0.3) is 11.1 Å². The molecule has 0 radical (unpaired) electrons. The largest absolute Gasteiger partial charge is 0.387 e. The van der Waals surface area contributed by atoms with E-state index < -0.39 is 5.60 Å². The number of thioether (sulfide) groups is 1. The number of carbonyl (C=O) groups excluding carboxylic acids is 1. The van der Waals surface area contributed by atoms with Gasteiger partial charge in [0, 0.05) is 30.3 Å². The van der Waals surface area contributed by atoms with Crippen LogP contribution in [0, 0.1) is 5.82 Å². The van der Waals surface area contributed by atoms with Gasteiger partial charge in [0.2, 0.25) is 0 Å². The second-order valence-electron chi connectivity index (χ2n) is 5.40. The molecule has 118 valence electrons. The summed E-state index contributed by atoms with van der Waals surface area (Å²) in [7, 11) is 0. The lowest BCUT2D eigenvalue weighted by Crippen LogP contribution is -2.42. The molecule has 1 aromatic carbocycles. The van der Waals surface area contributed by atoms with Crippen LogP contribution in [0.15, 0.2) is 36.7 Å². The zero-order valence-electron chi connectivity index (χ0n) is 12.5. The number of benzene rings is 1. The van der Waals surface area contributed by atoms with Crippen LogP contribution in [-0.2, 0) is 0 Å². The van der Waals surface area contributed by atoms with Crippen molar-refractivity contribution in [3.63, 3.8) is 0 Å². The Morgan fingerprint density at radius 3 is 2.68 bits per heavy atom. The van der Waals surface area contributed by atoms with Gasteiger partial charge in [0.15, 0.2) is 0 Å². The molecule has 3 N–H and O–H groups in total. The number of amides is 1. The number of aromatic nitrogens is 1. The Bertz CT molecular complexity index is 638. The van der Waals surface area contributed by atoms with Crippen molar-refractivity contribution in [2.45, 2.75) is 12.5 Å². The van der Waals surface area contributed by atoms with Crippen LogP contribution in [0.5, 0.6) is 0 Å². The number of aromatic amines is 1. The first-order valence-corrected chi connectivity index (χ1v) is 8.24. The number of rotatable bonds is 6. The molecule has 1 amide bonds. The summed E-state index contributed by atoms with van der Waals surface area (Å²) in [5.74, 6) is -0.0639. The monoisotopic (exact) mass is 322 g/mol. The molecular formula is C16H19FN2O2S. The van der Waals surface area contributed by atoms with Crippen LogP contribution in [0.2, 0.25) is 0 Å². The average Bonchev–Trinajstić information content (AvgIpc) is 2.95. The first kappa shape index (κ1) is 16.6. The maximum Gasteiger partial charge on any atom is 0.253 e. The Morgan fingerprint density at radius 2 is 2.05 bits per heavy atom. The van der Waals surface area contributed by atoms with Crippen LogP contribution >= 0.6 is 11.8 Å². The Balaban J connectivity index is 2.12. The fourth-order valence-electron chi connectivity index (χ4n) is 2.15. The minimum atomic E-state index is -0.957. The molecule has 2 rings (SSSR count). The van der Waals surface area contributed by atoms with E-state index in [1.54, 1.807) is 31.5 Å². The quantitative estimate of drug-likeness (QED) is 0.766. The van der Waals surface area contributed by atoms with Crippen molar-refractivity contribution >= 4 is 17.7 Å². The summed E-state index contributed by atoms with van der Waals surface area (Å²) < 4.78 is 13.0. The highest BCUT2D eigenvalue weighted by Crippen LogP contribution is 2.23. The van der Waals surface area contributed by atoms with Crippen LogP contribution in [0.4, 0.5) is 4.39 Å². The van der Waals surface area contributed by atoms with Crippen LogP contribution < -0.4 is 5.32 Å². The van der Waals surface area contributed by atoms with Gasteiger partial charge >= 0.3 is 0 Å². The molecule has 1 atom stereocenters. The third-order valence-corrected chi connectivity index (χ3v) is 4.14. The molecule has 0 fully saturated rings. The number of hydrogen-bond acceptors (Lipinski definition) is 3. The topological polar surface area (TPSA) is 65.1 Å². The number of hydrogen-bond donors (Lipinski definition) is 3. The summed E-state index contributed by atoms with van der Waals surface area (Å²) in [5.41, 5.74) is 0.957. The first-order valence-electron chi connectivity index (χ1n) is 6.85. The predicted molar refractivity (Wildman–Crippen MR) is 87.5 cm³/mol. The molecule has 22 heavy (non-hydrogen) atoms. The Morgan fingerprint density at radius 1 is 1.36 bits per heavy atom. The van der Waals surface area contributed by atoms with Gasteiger partial charge in [-0.2, -0.15) is 11.8 Å². The molecule has 0 saturated heterocycles. The van der Waals surface area contributed by atoms with Gasteiger partial charge in [0.1, 0.15) is 5.82 Å². The minimum absolute atomic E-state index is 0.167. The molecule has 1 heterocycles. The van der Waals surface area contributed by atoms with Gasteiger partial charge in [-0.3, -0.25) is 4.79 Å². The van der Waals surface area contributed by atoms with E-state index in [1.165, 1.54) is 23.9 Å². The fourth-order valence-corrected chi connectivity index (χ4v) is 2.87. The van der Waals surface area contributed by atoms with E-state index in [2.05, 4.69) is 10.3 Å². The van der Waals surface area contributed by atoms with E-state index >= 15 is 0 Å². The molecule has 4 nitrogen and oxygen atoms in total. The maximum absolute atomic E-state index is 13.0. The second kappa shape index (κ2) is 6.98. The Hall–Kier alpha value is -1.79. The SMILES string of the molecule is CSCC(C)(O)CNC(=O)c1c[nH]cc1-c1ccc(F)cc1. The third kappa shape index (κ3) is 4.11. The minimum Gasteiger partial charge on any atom is -0.387 e. The number of H-pyrrole nitrogens is 1. The van der Waals surface area contributed by atoms with Crippen molar-refractivity contribution in [2.24, 2.45) is 0 Å². The van der Waals surface area contributed by atoms with E-state index in [-0.39, 0.29) is 18.3 Å². The lowest BCUT2D eigenvalue weighted by atomic mass is 10.0. The van der Waals surface area contributed by atoms with Gasteiger partial charge in [-0.1, -0.05) is 12.1 Å². The highest BCUT2D eigenvalue weighted by molar-refractivity contribution is 7.98. The van der Waals surface area contributed by atoms with Gasteiger partial charge in [0.05, 0.1) is 11.2 Å². The smallest absolute Gasteiger partial charge is 0.253 e. The zero-order chi connectivity index (χ0) is 16.2. The normalized spacial score (nSPS) is 13.6. The third-order valence-electron chi connectivity index (χ3n) is 3.23. The lowest BCUT2D eigenvalue weighted by molar-refractivity contribution is 0.0725. The molecule has 6 heteroatoms. The summed E-state index contributed by atoms with van der Waals surface area (Å²) in [4.78, 5) is 15.2. The van der Waals surface area contributed by atoms with Crippen molar-refractivity contribution < 1.29 is 14.3 Å². The summed E-state index contributed by atoms with van der Waals surface area (Å²) in [6, 6.07) is 5.96. The maximum atomic E-state index is 13.0. The van der Waals surface area contributed by atoms with Gasteiger partial charge in [-0.25, -0.2) is 4.39 Å². The number of nitrogens with one attached hydrogen (secondary N) is 2. The van der Waals surface area contributed by atoms with Gasteiger partial charge in [0.25, 0.3) is 5.91 Å². The number of carbonyl (C=O) groups is 1. The first-order chi connectivity index (χ1) is 10.4. The lowest BCUT2D eigenvalue weighted by Gasteiger charge is -2.22. The van der Waals surface area contributed by atoms with Crippen LogP contribution in [-0.4, -0.2) is 40.2 Å². The van der Waals surface area contributed by atoms with Crippen molar-refractivity contribution in [2.75, 3.05) is 18.6 Å². The molecule has 0 spiro atoms. The summed E-state index contributed by atoms with van der Waals surface area (Å²) in [6.07, 6.45) is 5.19. The number of halogens is 1. The van der Waals surface area contributed by atoms with E-state index in [1.807, 2.05) is 6.26 Å². The van der Waals surface area contributed by atoms with Crippen LogP contribution in [0.3, 0.4) is 0 Å². The van der Waals surface area contributed by atoms with E-state index in [9.17, 15) is 14.3 Å². The molecule has 0 aliphatic rings. The van der Waals surface area contributed by atoms with Crippen molar-refractivity contribution in [1.82, 2.24) is 10.3 Å². The summed E-state index contributed by atoms with van der Waals surface area (Å²) in [6.45, 7) is 1.85.